The van der Waals surface area contributed by atoms with E-state index in [1.54, 1.807) is 19.9 Å². The number of fused-ring (bicyclic) bond motifs is 4. The molecule has 0 unspecified atom stereocenters. The predicted molar refractivity (Wildman–Crippen MR) is 214 cm³/mol. The summed E-state index contributed by atoms with van der Waals surface area (Å²) in [6.07, 6.45) is 3.20. The van der Waals surface area contributed by atoms with Gasteiger partial charge in [-0.15, -0.1) is 0 Å². The van der Waals surface area contributed by atoms with Crippen LogP contribution < -0.4 is 48.4 Å². The zero-order valence-corrected chi connectivity index (χ0v) is 33.0. The smallest absolute Gasteiger partial charge is 0.464 e. The average Bonchev–Trinajstić information content (AvgIpc) is 3.88. The second kappa shape index (κ2) is 15.1. The first-order valence-electron chi connectivity index (χ1n) is 18.4. The van der Waals surface area contributed by atoms with Gasteiger partial charge in [0.25, 0.3) is 0 Å². The van der Waals surface area contributed by atoms with Gasteiger partial charge in [-0.25, -0.2) is 4.79 Å². The van der Waals surface area contributed by atoms with Gasteiger partial charge in [-0.1, -0.05) is 12.1 Å². The molecular weight excluding hydrogens is 735 g/mol. The molecule has 2 aliphatic carbocycles. The van der Waals surface area contributed by atoms with E-state index in [4.69, 9.17) is 23.7 Å². The largest absolute Gasteiger partial charge is 1.00 e. The average molecular weight is 779 g/mol. The maximum absolute atomic E-state index is 13.1. The van der Waals surface area contributed by atoms with Crippen molar-refractivity contribution in [1.82, 2.24) is 9.97 Å². The number of nitrogens with one attached hydrogen (secondary N) is 4. The Hall–Kier alpha value is -5.87. The molecule has 4 aliphatic rings. The van der Waals surface area contributed by atoms with Gasteiger partial charge in [0.05, 0.1) is 23.5 Å². The zero-order chi connectivity index (χ0) is 38.8. The molecule has 0 atom stereocenters. The summed E-state index contributed by atoms with van der Waals surface area (Å²) >= 11 is 0. The van der Waals surface area contributed by atoms with Crippen LogP contribution in [0.15, 0.2) is 84.9 Å². The van der Waals surface area contributed by atoms with Crippen LogP contribution in [0.5, 0.6) is 23.0 Å². The molecule has 0 radical (unpaired) electrons. The molecule has 10 rings (SSSR count). The number of aromatic nitrogens is 2. The van der Waals surface area contributed by atoms with Crippen LogP contribution >= 0.6 is 0 Å². The minimum atomic E-state index is -0.945. The number of carbonyl (C=O) groups excluding carboxylic acids is 3. The molecule has 2 aromatic heterocycles. The maximum atomic E-state index is 13.1. The van der Waals surface area contributed by atoms with Crippen LogP contribution in [0.2, 0.25) is 0 Å². The van der Waals surface area contributed by atoms with Crippen LogP contribution in [0.4, 0.5) is 11.4 Å². The van der Waals surface area contributed by atoms with Crippen molar-refractivity contribution in [3.8, 4) is 23.0 Å². The molecule has 5 N–H and O–H groups in total. The van der Waals surface area contributed by atoms with E-state index in [-0.39, 0.29) is 51.7 Å². The standard InChI is InChI=1S/C22H22N2O4.C21H18N2O5.CH3.Li/c1-21(2,26)19-10-13-9-15(4-5-16(13)24-19)23-20(25)22(7-8-22)14-3-6-17-18(11-14)28-12-27-17;1-26-19(24)16-9-12-8-14(3-4-15(12)23-16)22-20(25)21(6-7-21)13-2-5-17-18(10-13)28-11-27-17;;/h3-6,9-11,24,26H,7-8,12H2,1-2H3,(H,23,25);2-5,8-10,23H,6-7,11H2,1H3,(H,22,25);1H3;/q;;-1;+1. The Morgan fingerprint density at radius 3 is 1.59 bits per heavy atom. The van der Waals surface area contributed by atoms with E-state index in [1.165, 1.54) is 7.11 Å². The van der Waals surface area contributed by atoms with Gasteiger partial charge in [-0.05, 0) is 123 Å². The number of methoxy groups -OCH3 is 1. The minimum absolute atomic E-state index is 0. The first-order valence-corrected chi connectivity index (χ1v) is 18.4. The quantitative estimate of drug-likeness (QED) is 0.0841. The van der Waals surface area contributed by atoms with Crippen molar-refractivity contribution in [2.45, 2.75) is 56.0 Å². The molecule has 58 heavy (non-hydrogen) atoms. The summed E-state index contributed by atoms with van der Waals surface area (Å²) in [6, 6.07) is 26.2. The molecule has 0 spiro atoms. The molecule has 0 bridgehead atoms. The number of aliphatic hydroxyl groups is 1. The van der Waals surface area contributed by atoms with Crippen molar-refractivity contribution >= 4 is 51.0 Å². The Labute approximate surface area is 346 Å². The van der Waals surface area contributed by atoms with Crippen molar-refractivity contribution < 1.29 is 62.0 Å². The number of hydrogen-bond donors (Lipinski definition) is 5. The fraction of sp³-hybridized carbons (Fsp3) is 0.273. The third-order valence-electron chi connectivity index (χ3n) is 11.0. The SMILES string of the molecule is CC(C)(O)c1cc2cc(NC(=O)C3(c4ccc5c(c4)OCO5)CC3)ccc2[nH]1.COC(=O)c1cc2cc(NC(=O)C3(c4ccc5c(c4)OCO5)CC3)ccc2[nH]1.[CH3-].[Li+]. The van der Waals surface area contributed by atoms with Gasteiger partial charge in [0, 0.05) is 38.9 Å². The van der Waals surface area contributed by atoms with Crippen LogP contribution in [0.25, 0.3) is 21.8 Å². The summed E-state index contributed by atoms with van der Waals surface area (Å²) in [5.74, 6) is 2.32. The number of H-pyrrole nitrogens is 2. The van der Waals surface area contributed by atoms with Crippen LogP contribution in [-0.2, 0) is 30.8 Å². The Kier molecular flexibility index (Phi) is 10.5. The van der Waals surface area contributed by atoms with Gasteiger partial charge < -0.3 is 56.8 Å². The van der Waals surface area contributed by atoms with Gasteiger partial charge in [0.2, 0.25) is 25.4 Å². The molecule has 6 aromatic rings. The molecule has 4 heterocycles. The van der Waals surface area contributed by atoms with Gasteiger partial charge in [-0.2, -0.15) is 0 Å². The number of ether oxygens (including phenoxy) is 5. The van der Waals surface area contributed by atoms with Crippen molar-refractivity contribution in [1.29, 1.82) is 0 Å². The molecule has 13 nitrogen and oxygen atoms in total. The van der Waals surface area contributed by atoms with E-state index in [0.29, 0.717) is 28.6 Å². The second-order valence-corrected chi connectivity index (χ2v) is 15.2. The Bertz CT molecular complexity index is 2560. The fourth-order valence-corrected chi connectivity index (χ4v) is 7.40. The van der Waals surface area contributed by atoms with Crippen LogP contribution in [-0.4, -0.2) is 53.6 Å². The number of amides is 2. The van der Waals surface area contributed by atoms with Crippen molar-refractivity contribution in [2.24, 2.45) is 0 Å². The molecule has 4 aromatic carbocycles. The third-order valence-corrected chi connectivity index (χ3v) is 11.0. The Morgan fingerprint density at radius 1 is 0.655 bits per heavy atom. The Balaban J connectivity index is 0.000000171. The topological polar surface area (TPSA) is 173 Å². The fourth-order valence-electron chi connectivity index (χ4n) is 7.40. The molecule has 2 fully saturated rings. The summed E-state index contributed by atoms with van der Waals surface area (Å²) in [7, 11) is 1.34. The van der Waals surface area contributed by atoms with Gasteiger partial charge in [-0.3, -0.25) is 9.59 Å². The molecule has 0 saturated heterocycles. The van der Waals surface area contributed by atoms with E-state index < -0.39 is 22.4 Å². The second-order valence-electron chi connectivity index (χ2n) is 15.2. The predicted octanol–water partition coefficient (Wildman–Crippen LogP) is 4.60. The third kappa shape index (κ3) is 7.37. The molecule has 2 aliphatic heterocycles. The monoisotopic (exact) mass is 778 g/mol. The number of hydrogen-bond acceptors (Lipinski definition) is 9. The normalized spacial score (nSPS) is 15.9. The summed E-state index contributed by atoms with van der Waals surface area (Å²) in [4.78, 5) is 44.0. The number of rotatable bonds is 8. The van der Waals surface area contributed by atoms with Crippen molar-refractivity contribution in [3.63, 3.8) is 0 Å². The van der Waals surface area contributed by atoms with E-state index in [1.807, 2.05) is 78.9 Å². The van der Waals surface area contributed by atoms with E-state index in [9.17, 15) is 19.5 Å². The maximum Gasteiger partial charge on any atom is 1.00 e. The van der Waals surface area contributed by atoms with E-state index in [0.717, 1.165) is 75.7 Å². The van der Waals surface area contributed by atoms with Gasteiger partial charge in [0.1, 0.15) is 5.69 Å². The Morgan fingerprint density at radius 2 is 1.12 bits per heavy atom. The molecule has 14 heteroatoms. The number of esters is 1. The first-order chi connectivity index (χ1) is 26.9. The van der Waals surface area contributed by atoms with Gasteiger partial charge >= 0.3 is 24.8 Å². The number of benzene rings is 4. The molecule has 294 valence electrons. The number of aromatic amines is 2. The van der Waals surface area contributed by atoms with Gasteiger partial charge in [0.15, 0.2) is 23.0 Å². The number of carbonyl (C=O) groups is 3. The minimum Gasteiger partial charge on any atom is -0.464 e. The van der Waals surface area contributed by atoms with Crippen LogP contribution in [0.3, 0.4) is 0 Å². The molecular formula is C44H43LiN4O9. The first kappa shape index (κ1) is 40.3. The summed E-state index contributed by atoms with van der Waals surface area (Å²) in [5.41, 5.74) is 4.17. The van der Waals surface area contributed by atoms with Crippen LogP contribution in [0.1, 0.15) is 66.8 Å². The van der Waals surface area contributed by atoms with Crippen LogP contribution in [0, 0.1) is 7.43 Å². The van der Waals surface area contributed by atoms with E-state index >= 15 is 0 Å². The van der Waals surface area contributed by atoms with E-state index in [2.05, 4.69) is 20.6 Å². The summed E-state index contributed by atoms with van der Waals surface area (Å²) in [6.45, 7) is 3.91. The van der Waals surface area contributed by atoms with Crippen molar-refractivity contribution in [3.05, 3.63) is 115 Å². The molecule has 2 amide bonds. The zero-order valence-electron chi connectivity index (χ0n) is 33.0. The molecule has 2 saturated carbocycles. The summed E-state index contributed by atoms with van der Waals surface area (Å²) in [5, 5.41) is 18.0. The number of anilines is 2. The van der Waals surface area contributed by atoms with Crippen molar-refractivity contribution in [2.75, 3.05) is 31.3 Å². The summed E-state index contributed by atoms with van der Waals surface area (Å²) < 4.78 is 26.4.